The molecule has 1 aliphatic rings. The van der Waals surface area contributed by atoms with Crippen molar-refractivity contribution in [2.45, 2.75) is 39.2 Å². The summed E-state index contributed by atoms with van der Waals surface area (Å²) >= 11 is 0. The van der Waals surface area contributed by atoms with Gasteiger partial charge in [0.05, 0.1) is 0 Å². The summed E-state index contributed by atoms with van der Waals surface area (Å²) in [7, 11) is 0. The fourth-order valence-corrected chi connectivity index (χ4v) is 3.16. The first-order valence-electron chi connectivity index (χ1n) is 7.07. The summed E-state index contributed by atoms with van der Waals surface area (Å²) in [5.41, 5.74) is 7.06. The highest BCUT2D eigenvalue weighted by Gasteiger charge is 2.29. The van der Waals surface area contributed by atoms with Gasteiger partial charge in [0, 0.05) is 17.6 Å². The molecule has 0 radical (unpaired) electrons. The van der Waals surface area contributed by atoms with Crippen molar-refractivity contribution in [1.29, 1.82) is 0 Å². The number of hydrogen-bond acceptors (Lipinski definition) is 1. The molecule has 1 nitrogen and oxygen atoms in total. The van der Waals surface area contributed by atoms with Gasteiger partial charge in [0.2, 0.25) is 0 Å². The lowest BCUT2D eigenvalue weighted by molar-refractivity contribution is 0.627. The summed E-state index contributed by atoms with van der Waals surface area (Å²) < 4.78 is 0. The molecular formula is C18H21N. The average Bonchev–Trinajstić information content (AvgIpc) is 2.71. The van der Waals surface area contributed by atoms with Crippen LogP contribution in [0.15, 0.2) is 42.5 Å². The molecule has 2 aromatic carbocycles. The lowest BCUT2D eigenvalue weighted by Gasteiger charge is -2.17. The van der Waals surface area contributed by atoms with E-state index in [0.29, 0.717) is 12.0 Å². The molecule has 0 saturated heterocycles. The highest BCUT2D eigenvalue weighted by Crippen LogP contribution is 2.39. The Hall–Kier alpha value is -1.76. The van der Waals surface area contributed by atoms with E-state index in [4.69, 9.17) is 0 Å². The number of nitrogens with one attached hydrogen (secondary N) is 1. The Morgan fingerprint density at radius 3 is 2.47 bits per heavy atom. The van der Waals surface area contributed by atoms with Crippen LogP contribution in [0.4, 0.5) is 5.69 Å². The van der Waals surface area contributed by atoms with E-state index in [1.165, 1.54) is 27.9 Å². The predicted molar refractivity (Wildman–Crippen MR) is 81.9 cm³/mol. The molecule has 1 heterocycles. The minimum Gasteiger partial charge on any atom is -0.382 e. The van der Waals surface area contributed by atoms with Crippen molar-refractivity contribution in [3.8, 4) is 0 Å². The van der Waals surface area contributed by atoms with Crippen LogP contribution in [0.2, 0.25) is 0 Å². The van der Waals surface area contributed by atoms with Crippen LogP contribution < -0.4 is 5.32 Å². The molecule has 0 aromatic heterocycles. The molecule has 0 aliphatic carbocycles. The third-order valence-electron chi connectivity index (χ3n) is 4.38. The van der Waals surface area contributed by atoms with E-state index >= 15 is 0 Å². The normalized spacial score (nSPS) is 21.0. The average molecular weight is 251 g/mol. The van der Waals surface area contributed by atoms with Crippen molar-refractivity contribution < 1.29 is 0 Å². The van der Waals surface area contributed by atoms with E-state index in [1.807, 2.05) is 0 Å². The first-order valence-corrected chi connectivity index (χ1v) is 7.07. The lowest BCUT2D eigenvalue weighted by Crippen LogP contribution is -2.18. The molecule has 2 atom stereocenters. The van der Waals surface area contributed by atoms with Crippen LogP contribution >= 0.6 is 0 Å². The van der Waals surface area contributed by atoms with Crippen molar-refractivity contribution in [3.63, 3.8) is 0 Å². The van der Waals surface area contributed by atoms with Crippen LogP contribution in [0, 0.1) is 13.8 Å². The zero-order valence-electron chi connectivity index (χ0n) is 11.9. The second-order valence-electron chi connectivity index (χ2n) is 5.71. The smallest absolute Gasteiger partial charge is 0.0408 e. The zero-order chi connectivity index (χ0) is 13.4. The van der Waals surface area contributed by atoms with Gasteiger partial charge in [0.25, 0.3) is 0 Å². The lowest BCUT2D eigenvalue weighted by atomic mass is 9.87. The second kappa shape index (κ2) is 4.73. The maximum Gasteiger partial charge on any atom is 0.0408 e. The van der Waals surface area contributed by atoms with Crippen LogP contribution in [0.25, 0.3) is 0 Å². The first-order chi connectivity index (χ1) is 9.16. The van der Waals surface area contributed by atoms with Crippen LogP contribution in [0.5, 0.6) is 0 Å². The Balaban J connectivity index is 1.95. The largest absolute Gasteiger partial charge is 0.382 e. The van der Waals surface area contributed by atoms with Crippen molar-refractivity contribution >= 4 is 5.69 Å². The number of para-hydroxylation sites is 1. The Morgan fingerprint density at radius 2 is 1.68 bits per heavy atom. The fraction of sp³-hybridized carbons (Fsp3) is 0.333. The zero-order valence-corrected chi connectivity index (χ0v) is 11.9. The van der Waals surface area contributed by atoms with E-state index in [-0.39, 0.29) is 0 Å². The van der Waals surface area contributed by atoms with Gasteiger partial charge in [-0.05, 0) is 49.4 Å². The van der Waals surface area contributed by atoms with Crippen LogP contribution in [0.3, 0.4) is 0 Å². The van der Waals surface area contributed by atoms with Crippen molar-refractivity contribution in [2.24, 2.45) is 0 Å². The van der Waals surface area contributed by atoms with Gasteiger partial charge >= 0.3 is 0 Å². The third-order valence-corrected chi connectivity index (χ3v) is 4.38. The second-order valence-corrected chi connectivity index (χ2v) is 5.71. The molecule has 19 heavy (non-hydrogen) atoms. The Labute approximate surface area is 115 Å². The summed E-state index contributed by atoms with van der Waals surface area (Å²) in [5, 5.41) is 3.66. The Morgan fingerprint density at radius 1 is 0.947 bits per heavy atom. The summed E-state index contributed by atoms with van der Waals surface area (Å²) in [6.45, 7) is 6.69. The number of aryl methyl sites for hydroxylation is 2. The molecule has 0 saturated carbocycles. The number of fused-ring (bicyclic) bond motifs is 1. The number of hydrogen-bond donors (Lipinski definition) is 1. The van der Waals surface area contributed by atoms with Crippen LogP contribution in [-0.4, -0.2) is 6.04 Å². The van der Waals surface area contributed by atoms with Crippen LogP contribution in [0.1, 0.15) is 35.1 Å². The fourth-order valence-electron chi connectivity index (χ4n) is 3.16. The molecule has 0 amide bonds. The van der Waals surface area contributed by atoms with Gasteiger partial charge < -0.3 is 5.32 Å². The number of anilines is 1. The molecule has 1 N–H and O–H groups in total. The quantitative estimate of drug-likeness (QED) is 0.831. The highest BCUT2D eigenvalue weighted by molar-refractivity contribution is 5.64. The molecule has 3 rings (SSSR count). The monoisotopic (exact) mass is 251 g/mol. The van der Waals surface area contributed by atoms with E-state index in [9.17, 15) is 0 Å². The minimum atomic E-state index is 0.510. The number of rotatable bonds is 2. The molecular weight excluding hydrogens is 230 g/mol. The molecule has 0 fully saturated rings. The van der Waals surface area contributed by atoms with Crippen molar-refractivity contribution in [2.75, 3.05) is 5.32 Å². The van der Waals surface area contributed by atoms with E-state index < -0.39 is 0 Å². The molecule has 0 spiro atoms. The van der Waals surface area contributed by atoms with E-state index in [2.05, 4.69) is 68.6 Å². The van der Waals surface area contributed by atoms with E-state index in [1.54, 1.807) is 0 Å². The van der Waals surface area contributed by atoms with Gasteiger partial charge in [-0.3, -0.25) is 0 Å². The summed E-state index contributed by atoms with van der Waals surface area (Å²) in [6, 6.07) is 15.9. The summed E-state index contributed by atoms with van der Waals surface area (Å²) in [4.78, 5) is 0. The Bertz CT molecular complexity index is 600. The minimum absolute atomic E-state index is 0.510. The highest BCUT2D eigenvalue weighted by atomic mass is 15.0. The van der Waals surface area contributed by atoms with Gasteiger partial charge in [-0.2, -0.15) is 0 Å². The SMILES string of the molecule is Cc1ccccc1C[C@@H]1c2cccc(C)c2N[C@@H]1C. The summed E-state index contributed by atoms with van der Waals surface area (Å²) in [5.74, 6) is 0.580. The van der Waals surface area contributed by atoms with Crippen molar-refractivity contribution in [3.05, 3.63) is 64.7 Å². The van der Waals surface area contributed by atoms with Crippen molar-refractivity contribution in [1.82, 2.24) is 0 Å². The van der Waals surface area contributed by atoms with E-state index in [0.717, 1.165) is 6.42 Å². The Kier molecular flexibility index (Phi) is 3.06. The molecule has 0 bridgehead atoms. The topological polar surface area (TPSA) is 12.0 Å². The number of benzene rings is 2. The molecule has 1 aliphatic heterocycles. The molecule has 1 heteroatoms. The van der Waals surface area contributed by atoms with Gasteiger partial charge in [-0.25, -0.2) is 0 Å². The maximum atomic E-state index is 3.66. The van der Waals surface area contributed by atoms with Gasteiger partial charge in [-0.1, -0.05) is 42.5 Å². The van der Waals surface area contributed by atoms with Gasteiger partial charge in [0.1, 0.15) is 0 Å². The molecule has 0 unspecified atom stereocenters. The molecule has 2 aromatic rings. The standard InChI is InChI=1S/C18H21N/c1-12-7-4-5-9-15(12)11-17-14(3)19-18-13(2)8-6-10-16(17)18/h4-10,14,17,19H,11H2,1-3H3/t14-,17+/m1/s1. The third kappa shape index (κ3) is 2.14. The van der Waals surface area contributed by atoms with Gasteiger partial charge in [0.15, 0.2) is 0 Å². The maximum absolute atomic E-state index is 3.66. The van der Waals surface area contributed by atoms with Gasteiger partial charge in [-0.15, -0.1) is 0 Å². The predicted octanol–water partition coefficient (Wildman–Crippen LogP) is 4.44. The first kappa shape index (κ1) is 12.3. The van der Waals surface area contributed by atoms with Crippen LogP contribution in [-0.2, 0) is 6.42 Å². The summed E-state index contributed by atoms with van der Waals surface area (Å²) in [6.07, 6.45) is 1.12. The molecule has 98 valence electrons.